The minimum Gasteiger partial charge on any atom is -0.333 e. The minimum atomic E-state index is -0.177. The Morgan fingerprint density at radius 3 is 2.51 bits per heavy atom. The summed E-state index contributed by atoms with van der Waals surface area (Å²) in [5.41, 5.74) is 5.84. The molecule has 8 heteroatoms. The molecule has 0 saturated carbocycles. The van der Waals surface area contributed by atoms with Gasteiger partial charge in [0.1, 0.15) is 0 Å². The molecule has 186 valence electrons. The van der Waals surface area contributed by atoms with E-state index in [0.717, 1.165) is 28.1 Å². The summed E-state index contributed by atoms with van der Waals surface area (Å²) in [7, 11) is 0. The fourth-order valence-corrected chi connectivity index (χ4v) is 3.60. The van der Waals surface area contributed by atoms with E-state index in [4.69, 9.17) is 0 Å². The number of nitrogens with zero attached hydrogens (tertiary/aromatic N) is 5. The SMILES string of the molecule is CC.Cc1ccc(NC(=O)c2ccc(Cn3ccnc3)cc2)cc1Nc1nccc(-c2cccnc2)n1. The molecule has 0 fully saturated rings. The number of rotatable bonds is 7. The fourth-order valence-electron chi connectivity index (χ4n) is 3.60. The number of benzene rings is 2. The van der Waals surface area contributed by atoms with Gasteiger partial charge in [0.05, 0.1) is 12.0 Å². The quantitative estimate of drug-likeness (QED) is 0.285. The summed E-state index contributed by atoms with van der Waals surface area (Å²) in [6, 6.07) is 18.9. The van der Waals surface area contributed by atoms with Crippen LogP contribution in [0.3, 0.4) is 0 Å². The molecule has 2 aromatic carbocycles. The predicted molar refractivity (Wildman–Crippen MR) is 147 cm³/mol. The number of carbonyl (C=O) groups is 1. The molecule has 0 bridgehead atoms. The fraction of sp³-hybridized carbons (Fsp3) is 0.138. The molecule has 0 aliphatic heterocycles. The highest BCUT2D eigenvalue weighted by molar-refractivity contribution is 6.04. The van der Waals surface area contributed by atoms with Crippen LogP contribution in [-0.4, -0.2) is 30.4 Å². The van der Waals surface area contributed by atoms with E-state index in [1.807, 2.05) is 92.2 Å². The van der Waals surface area contributed by atoms with E-state index < -0.39 is 0 Å². The van der Waals surface area contributed by atoms with Crippen LogP contribution in [0, 0.1) is 6.92 Å². The Labute approximate surface area is 216 Å². The van der Waals surface area contributed by atoms with Crippen LogP contribution in [0.1, 0.15) is 35.3 Å². The van der Waals surface area contributed by atoms with Crippen LogP contribution >= 0.6 is 0 Å². The Morgan fingerprint density at radius 1 is 0.946 bits per heavy atom. The largest absolute Gasteiger partial charge is 0.333 e. The van der Waals surface area contributed by atoms with Crippen molar-refractivity contribution >= 4 is 23.2 Å². The van der Waals surface area contributed by atoms with Crippen LogP contribution in [0.2, 0.25) is 0 Å². The molecule has 3 aromatic heterocycles. The van der Waals surface area contributed by atoms with Crippen LogP contribution in [0.5, 0.6) is 0 Å². The maximum Gasteiger partial charge on any atom is 0.255 e. The number of imidazole rings is 1. The van der Waals surface area contributed by atoms with E-state index in [1.54, 1.807) is 31.1 Å². The Balaban J connectivity index is 0.00000156. The standard InChI is InChI=1S/C27H23N7O.C2H6/c1-19-4-9-23(31-26(35)21-7-5-20(6-8-21)17-34-14-13-29-18-34)15-25(19)33-27-30-12-10-24(32-27)22-3-2-11-28-16-22;1-2/h2-16,18H,17H2,1H3,(H,31,35)(H,30,32,33);1-2H3. The molecular formula is C29H29N7O. The number of anilines is 3. The lowest BCUT2D eigenvalue weighted by atomic mass is 10.1. The summed E-state index contributed by atoms with van der Waals surface area (Å²) in [5.74, 6) is 0.287. The number of nitrogens with one attached hydrogen (secondary N) is 2. The lowest BCUT2D eigenvalue weighted by Crippen LogP contribution is -2.12. The molecule has 5 aromatic rings. The van der Waals surface area contributed by atoms with Crippen molar-refractivity contribution in [2.45, 2.75) is 27.3 Å². The van der Waals surface area contributed by atoms with Gasteiger partial charge in [-0.05, 0) is 60.5 Å². The van der Waals surface area contributed by atoms with Gasteiger partial charge in [-0.15, -0.1) is 0 Å². The Hall–Kier alpha value is -4.85. The van der Waals surface area contributed by atoms with E-state index >= 15 is 0 Å². The second-order valence-electron chi connectivity index (χ2n) is 8.05. The molecule has 0 spiro atoms. The number of pyridine rings is 1. The number of aromatic nitrogens is 5. The van der Waals surface area contributed by atoms with Crippen LogP contribution < -0.4 is 10.6 Å². The first-order chi connectivity index (χ1) is 18.1. The first kappa shape index (κ1) is 25.2. The molecule has 1 amide bonds. The van der Waals surface area contributed by atoms with Gasteiger partial charge in [0, 0.05) is 60.0 Å². The smallest absolute Gasteiger partial charge is 0.255 e. The molecule has 2 N–H and O–H groups in total. The summed E-state index contributed by atoms with van der Waals surface area (Å²) in [6.45, 7) is 6.69. The van der Waals surface area contributed by atoms with E-state index in [1.165, 1.54) is 0 Å². The van der Waals surface area contributed by atoms with E-state index in [-0.39, 0.29) is 5.91 Å². The van der Waals surface area contributed by atoms with Gasteiger partial charge in [0.25, 0.3) is 5.91 Å². The van der Waals surface area contributed by atoms with Crippen LogP contribution in [0.4, 0.5) is 17.3 Å². The van der Waals surface area contributed by atoms with Crippen molar-refractivity contribution in [3.8, 4) is 11.3 Å². The predicted octanol–water partition coefficient (Wildman–Crippen LogP) is 6.11. The second kappa shape index (κ2) is 12.2. The maximum absolute atomic E-state index is 12.8. The first-order valence-corrected chi connectivity index (χ1v) is 12.1. The third-order valence-corrected chi connectivity index (χ3v) is 5.50. The number of hydrogen-bond donors (Lipinski definition) is 2. The molecule has 3 heterocycles. The Morgan fingerprint density at radius 2 is 1.78 bits per heavy atom. The van der Waals surface area contributed by atoms with Gasteiger partial charge in [0.15, 0.2) is 0 Å². The van der Waals surface area contributed by atoms with Gasteiger partial charge in [-0.3, -0.25) is 9.78 Å². The van der Waals surface area contributed by atoms with Gasteiger partial charge in [0.2, 0.25) is 5.95 Å². The van der Waals surface area contributed by atoms with Crippen molar-refractivity contribution in [3.63, 3.8) is 0 Å². The summed E-state index contributed by atoms with van der Waals surface area (Å²) >= 11 is 0. The lowest BCUT2D eigenvalue weighted by molar-refractivity contribution is 0.102. The normalized spacial score (nSPS) is 10.2. The van der Waals surface area contributed by atoms with Gasteiger partial charge in [-0.25, -0.2) is 15.0 Å². The average molecular weight is 492 g/mol. The lowest BCUT2D eigenvalue weighted by Gasteiger charge is -2.12. The van der Waals surface area contributed by atoms with E-state index in [9.17, 15) is 4.79 Å². The van der Waals surface area contributed by atoms with Crippen LogP contribution in [0.25, 0.3) is 11.3 Å². The molecule has 8 nitrogen and oxygen atoms in total. The third-order valence-electron chi connectivity index (χ3n) is 5.50. The first-order valence-electron chi connectivity index (χ1n) is 12.1. The monoisotopic (exact) mass is 491 g/mol. The molecule has 5 rings (SSSR count). The van der Waals surface area contributed by atoms with Gasteiger partial charge < -0.3 is 15.2 Å². The topological polar surface area (TPSA) is 97.6 Å². The highest BCUT2D eigenvalue weighted by Gasteiger charge is 2.10. The number of amides is 1. The Bertz CT molecular complexity index is 1430. The summed E-state index contributed by atoms with van der Waals surface area (Å²) in [5, 5.41) is 6.23. The van der Waals surface area contributed by atoms with Crippen molar-refractivity contribution in [3.05, 3.63) is 115 Å². The van der Waals surface area contributed by atoms with E-state index in [2.05, 4.69) is 30.6 Å². The highest BCUT2D eigenvalue weighted by atomic mass is 16.1. The molecule has 0 aliphatic carbocycles. The van der Waals surface area contributed by atoms with Crippen LogP contribution in [-0.2, 0) is 6.54 Å². The average Bonchev–Trinajstić information content (AvgIpc) is 3.46. The van der Waals surface area contributed by atoms with E-state index in [0.29, 0.717) is 23.7 Å². The van der Waals surface area contributed by atoms with Crippen LogP contribution in [0.15, 0.2) is 98.0 Å². The van der Waals surface area contributed by atoms with Crippen molar-refractivity contribution in [2.75, 3.05) is 10.6 Å². The molecule has 0 aliphatic rings. The number of aryl methyl sites for hydroxylation is 1. The molecule has 0 atom stereocenters. The van der Waals surface area contributed by atoms with Crippen molar-refractivity contribution in [1.82, 2.24) is 24.5 Å². The number of carbonyl (C=O) groups excluding carboxylic acids is 1. The molecule has 0 saturated heterocycles. The zero-order valence-corrected chi connectivity index (χ0v) is 21.1. The Kier molecular flexibility index (Phi) is 8.33. The highest BCUT2D eigenvalue weighted by Crippen LogP contribution is 2.24. The van der Waals surface area contributed by atoms with Gasteiger partial charge >= 0.3 is 0 Å². The van der Waals surface area contributed by atoms with Gasteiger partial charge in [-0.1, -0.05) is 32.0 Å². The minimum absolute atomic E-state index is 0.177. The molecular weight excluding hydrogens is 462 g/mol. The zero-order valence-electron chi connectivity index (χ0n) is 21.1. The van der Waals surface area contributed by atoms with Crippen molar-refractivity contribution < 1.29 is 4.79 Å². The third kappa shape index (κ3) is 6.64. The molecule has 0 unspecified atom stereocenters. The molecule has 0 radical (unpaired) electrons. The summed E-state index contributed by atoms with van der Waals surface area (Å²) in [4.78, 5) is 30.0. The summed E-state index contributed by atoms with van der Waals surface area (Å²) < 4.78 is 1.98. The summed E-state index contributed by atoms with van der Waals surface area (Å²) in [6.07, 6.45) is 10.6. The second-order valence-corrected chi connectivity index (χ2v) is 8.05. The van der Waals surface area contributed by atoms with Gasteiger partial charge in [-0.2, -0.15) is 0 Å². The van der Waals surface area contributed by atoms with Crippen molar-refractivity contribution in [1.29, 1.82) is 0 Å². The van der Waals surface area contributed by atoms with Crippen molar-refractivity contribution in [2.24, 2.45) is 0 Å². The zero-order chi connectivity index (χ0) is 26.0. The number of hydrogen-bond acceptors (Lipinski definition) is 6. The maximum atomic E-state index is 12.8. The molecule has 37 heavy (non-hydrogen) atoms.